The summed E-state index contributed by atoms with van der Waals surface area (Å²) in [7, 11) is -3.40. The maximum atomic E-state index is 12.4. The highest BCUT2D eigenvalue weighted by Gasteiger charge is 2.16. The number of carbonyl (C=O) groups excluding carboxylic acids is 1. The van der Waals surface area contributed by atoms with Gasteiger partial charge in [0, 0.05) is 18.4 Å². The lowest BCUT2D eigenvalue weighted by molar-refractivity contribution is -0.113. The van der Waals surface area contributed by atoms with E-state index in [2.05, 4.69) is 15.5 Å². The van der Waals surface area contributed by atoms with Gasteiger partial charge in [-0.25, -0.2) is 8.42 Å². The van der Waals surface area contributed by atoms with Crippen molar-refractivity contribution in [3.63, 3.8) is 0 Å². The molecule has 0 spiro atoms. The zero-order valence-electron chi connectivity index (χ0n) is 15.8. The van der Waals surface area contributed by atoms with Crippen molar-refractivity contribution in [3.8, 4) is 11.4 Å². The Morgan fingerprint density at radius 2 is 1.90 bits per heavy atom. The summed E-state index contributed by atoms with van der Waals surface area (Å²) < 4.78 is 25.3. The van der Waals surface area contributed by atoms with E-state index in [4.69, 9.17) is 11.6 Å². The maximum absolute atomic E-state index is 12.4. The van der Waals surface area contributed by atoms with Crippen molar-refractivity contribution >= 4 is 44.8 Å². The molecule has 0 aliphatic carbocycles. The van der Waals surface area contributed by atoms with E-state index >= 15 is 0 Å². The summed E-state index contributed by atoms with van der Waals surface area (Å²) in [5.41, 5.74) is 1.20. The van der Waals surface area contributed by atoms with Gasteiger partial charge in [0.2, 0.25) is 5.91 Å². The number of aromatic nitrogens is 3. The molecular weight excluding hydrogens is 432 g/mol. The topological polar surface area (TPSA) is 94.0 Å². The SMILES string of the molecule is CCn1c(SCC(=O)Nc2cc(S(C)(=O)=O)ccc2Cl)nnc1-c1ccccc1. The van der Waals surface area contributed by atoms with Gasteiger partial charge in [-0.3, -0.25) is 4.79 Å². The first-order valence-corrected chi connectivity index (χ1v) is 12.0. The fourth-order valence-corrected chi connectivity index (χ4v) is 4.24. The largest absolute Gasteiger partial charge is 0.324 e. The number of halogens is 1. The Kier molecular flexibility index (Phi) is 6.61. The van der Waals surface area contributed by atoms with E-state index in [1.54, 1.807) is 0 Å². The van der Waals surface area contributed by atoms with Crippen molar-refractivity contribution in [2.75, 3.05) is 17.3 Å². The summed E-state index contributed by atoms with van der Waals surface area (Å²) in [5, 5.41) is 12.0. The monoisotopic (exact) mass is 450 g/mol. The number of benzene rings is 2. The average Bonchev–Trinajstić information content (AvgIpc) is 3.11. The van der Waals surface area contributed by atoms with Crippen molar-refractivity contribution in [1.82, 2.24) is 14.8 Å². The molecule has 7 nitrogen and oxygen atoms in total. The highest BCUT2D eigenvalue weighted by atomic mass is 35.5. The number of carbonyl (C=O) groups is 1. The minimum atomic E-state index is -3.40. The van der Waals surface area contributed by atoms with Gasteiger partial charge in [0.05, 0.1) is 21.4 Å². The van der Waals surface area contributed by atoms with Gasteiger partial charge in [0.15, 0.2) is 20.8 Å². The van der Waals surface area contributed by atoms with Crippen molar-refractivity contribution in [2.24, 2.45) is 0 Å². The first kappa shape index (κ1) is 21.4. The Morgan fingerprint density at radius 1 is 1.17 bits per heavy atom. The van der Waals surface area contributed by atoms with Crippen molar-refractivity contribution in [1.29, 1.82) is 0 Å². The van der Waals surface area contributed by atoms with Gasteiger partial charge in [-0.15, -0.1) is 10.2 Å². The Labute approximate surface area is 178 Å². The molecule has 1 amide bonds. The van der Waals surface area contributed by atoms with E-state index in [0.29, 0.717) is 11.7 Å². The van der Waals surface area contributed by atoms with Crippen LogP contribution in [0.5, 0.6) is 0 Å². The van der Waals surface area contributed by atoms with E-state index < -0.39 is 9.84 Å². The van der Waals surface area contributed by atoms with Crippen LogP contribution in [0.1, 0.15) is 6.92 Å². The highest BCUT2D eigenvalue weighted by Crippen LogP contribution is 2.27. The molecule has 0 saturated heterocycles. The molecule has 0 radical (unpaired) electrons. The third-order valence-corrected chi connectivity index (χ3v) is 6.44. The first-order valence-electron chi connectivity index (χ1n) is 8.70. The van der Waals surface area contributed by atoms with Crippen LogP contribution in [0.25, 0.3) is 11.4 Å². The van der Waals surface area contributed by atoms with E-state index in [-0.39, 0.29) is 27.3 Å². The van der Waals surface area contributed by atoms with Crippen LogP contribution < -0.4 is 5.32 Å². The number of anilines is 1. The number of sulfone groups is 1. The number of rotatable bonds is 7. The molecule has 1 aromatic heterocycles. The number of hydrogen-bond acceptors (Lipinski definition) is 6. The summed E-state index contributed by atoms with van der Waals surface area (Å²) in [6.07, 6.45) is 1.10. The molecule has 3 aromatic rings. The van der Waals surface area contributed by atoms with Crippen LogP contribution >= 0.6 is 23.4 Å². The van der Waals surface area contributed by atoms with Gasteiger partial charge in [0.25, 0.3) is 0 Å². The predicted molar refractivity (Wildman–Crippen MR) is 115 cm³/mol. The van der Waals surface area contributed by atoms with Crippen LogP contribution in [0.4, 0.5) is 5.69 Å². The molecule has 29 heavy (non-hydrogen) atoms. The minimum Gasteiger partial charge on any atom is -0.324 e. The zero-order valence-corrected chi connectivity index (χ0v) is 18.2. The van der Waals surface area contributed by atoms with E-state index in [9.17, 15) is 13.2 Å². The number of thioether (sulfide) groups is 1. The van der Waals surface area contributed by atoms with E-state index in [1.807, 2.05) is 41.8 Å². The Bertz CT molecular complexity index is 1130. The standard InChI is InChI=1S/C19H19ClN4O3S2/c1-3-24-18(13-7-5-4-6-8-13)22-23-19(24)28-12-17(25)21-16-11-14(29(2,26)27)9-10-15(16)20/h4-11H,3,12H2,1-2H3,(H,21,25). The lowest BCUT2D eigenvalue weighted by atomic mass is 10.2. The van der Waals surface area contributed by atoms with Crippen LogP contribution in [0.15, 0.2) is 58.6 Å². The zero-order chi connectivity index (χ0) is 21.0. The van der Waals surface area contributed by atoms with E-state index in [0.717, 1.165) is 17.6 Å². The highest BCUT2D eigenvalue weighted by molar-refractivity contribution is 7.99. The van der Waals surface area contributed by atoms with Gasteiger partial charge in [-0.2, -0.15) is 0 Å². The smallest absolute Gasteiger partial charge is 0.234 e. The third kappa shape index (κ3) is 5.17. The van der Waals surface area contributed by atoms with Crippen molar-refractivity contribution < 1.29 is 13.2 Å². The van der Waals surface area contributed by atoms with Crippen LogP contribution in [0, 0.1) is 0 Å². The molecule has 152 valence electrons. The Hall–Kier alpha value is -2.36. The number of amides is 1. The summed E-state index contributed by atoms with van der Waals surface area (Å²) in [4.78, 5) is 12.5. The normalized spacial score (nSPS) is 11.4. The molecule has 1 N–H and O–H groups in total. The predicted octanol–water partition coefficient (Wildman–Crippen LogP) is 3.75. The number of nitrogens with zero attached hydrogens (tertiary/aromatic N) is 3. The molecule has 1 heterocycles. The number of nitrogens with one attached hydrogen (secondary N) is 1. The summed E-state index contributed by atoms with van der Waals surface area (Å²) >= 11 is 7.33. The lowest BCUT2D eigenvalue weighted by Gasteiger charge is -2.10. The third-order valence-electron chi connectivity index (χ3n) is 4.04. The Balaban J connectivity index is 1.71. The van der Waals surface area contributed by atoms with Gasteiger partial charge in [-0.1, -0.05) is 53.7 Å². The molecule has 0 unspecified atom stereocenters. The van der Waals surface area contributed by atoms with Crippen LogP contribution in [-0.2, 0) is 21.2 Å². The van der Waals surface area contributed by atoms with Crippen molar-refractivity contribution in [3.05, 3.63) is 53.6 Å². The Morgan fingerprint density at radius 3 is 2.55 bits per heavy atom. The first-order chi connectivity index (χ1) is 13.8. The summed E-state index contributed by atoms with van der Waals surface area (Å²) in [6.45, 7) is 2.64. The molecule has 0 atom stereocenters. The summed E-state index contributed by atoms with van der Waals surface area (Å²) in [6, 6.07) is 13.9. The molecule has 2 aromatic carbocycles. The summed E-state index contributed by atoms with van der Waals surface area (Å²) in [5.74, 6) is 0.487. The molecule has 0 fully saturated rings. The van der Waals surface area contributed by atoms with Crippen LogP contribution in [0.2, 0.25) is 5.02 Å². The fraction of sp³-hybridized carbons (Fsp3) is 0.211. The molecule has 10 heteroatoms. The maximum Gasteiger partial charge on any atom is 0.234 e. The quantitative estimate of drug-likeness (QED) is 0.551. The second-order valence-electron chi connectivity index (χ2n) is 6.17. The second-order valence-corrected chi connectivity index (χ2v) is 9.53. The molecule has 0 saturated carbocycles. The minimum absolute atomic E-state index is 0.0757. The van der Waals surface area contributed by atoms with Gasteiger partial charge >= 0.3 is 0 Å². The van der Waals surface area contributed by atoms with Crippen molar-refractivity contribution in [2.45, 2.75) is 23.5 Å². The van der Waals surface area contributed by atoms with Crippen LogP contribution in [-0.4, -0.2) is 41.1 Å². The molecule has 3 rings (SSSR count). The van der Waals surface area contributed by atoms with Gasteiger partial charge in [-0.05, 0) is 25.1 Å². The second kappa shape index (κ2) is 8.98. The van der Waals surface area contributed by atoms with Gasteiger partial charge in [0.1, 0.15) is 0 Å². The molecular formula is C19H19ClN4O3S2. The number of hydrogen-bond donors (Lipinski definition) is 1. The van der Waals surface area contributed by atoms with Crippen LogP contribution in [0.3, 0.4) is 0 Å². The molecule has 0 aliphatic heterocycles. The molecule has 0 aliphatic rings. The van der Waals surface area contributed by atoms with Gasteiger partial charge < -0.3 is 9.88 Å². The van der Waals surface area contributed by atoms with E-state index in [1.165, 1.54) is 30.0 Å². The fourth-order valence-electron chi connectivity index (χ4n) is 2.63. The molecule has 0 bridgehead atoms. The average molecular weight is 451 g/mol. The lowest BCUT2D eigenvalue weighted by Crippen LogP contribution is -2.15.